The molecule has 0 fully saturated rings. The minimum atomic E-state index is 0.106. The molecule has 0 saturated heterocycles. The summed E-state index contributed by atoms with van der Waals surface area (Å²) in [6.07, 6.45) is 1.27. The van der Waals surface area contributed by atoms with Gasteiger partial charge in [-0.25, -0.2) is 0 Å². The summed E-state index contributed by atoms with van der Waals surface area (Å²) in [4.78, 5) is 4.36. The van der Waals surface area contributed by atoms with Gasteiger partial charge in [0.25, 0.3) is 0 Å². The van der Waals surface area contributed by atoms with Crippen LogP contribution < -0.4 is 9.47 Å². The minimum Gasteiger partial charge on any atom is -0.478 e. The number of halogens is 2. The van der Waals surface area contributed by atoms with Crippen LogP contribution in [-0.2, 0) is 6.42 Å². The van der Waals surface area contributed by atoms with E-state index in [1.807, 2.05) is 13.0 Å². The second-order valence-electron chi connectivity index (χ2n) is 4.55. The SMILES string of the molecule is CCOc1ccc(CCCO)c(Oc2ccc(Cl)cc2Cl)n1. The van der Waals surface area contributed by atoms with Crippen molar-refractivity contribution in [2.24, 2.45) is 0 Å². The molecule has 6 heteroatoms. The molecule has 1 aromatic carbocycles. The fourth-order valence-electron chi connectivity index (χ4n) is 1.89. The molecule has 1 heterocycles. The summed E-state index contributed by atoms with van der Waals surface area (Å²) < 4.78 is 11.2. The Kier molecular flexibility index (Phi) is 6.31. The van der Waals surface area contributed by atoms with Crippen molar-refractivity contribution in [3.05, 3.63) is 45.9 Å². The Balaban J connectivity index is 2.30. The molecule has 0 bridgehead atoms. The van der Waals surface area contributed by atoms with Gasteiger partial charge in [0.05, 0.1) is 11.6 Å². The summed E-state index contributed by atoms with van der Waals surface area (Å²) in [5.41, 5.74) is 0.878. The zero-order chi connectivity index (χ0) is 15.9. The zero-order valence-electron chi connectivity index (χ0n) is 12.2. The summed E-state index contributed by atoms with van der Waals surface area (Å²) in [5.74, 6) is 1.37. The Labute approximate surface area is 139 Å². The first-order valence-electron chi connectivity index (χ1n) is 7.00. The van der Waals surface area contributed by atoms with Crippen LogP contribution in [-0.4, -0.2) is 23.3 Å². The van der Waals surface area contributed by atoms with Gasteiger partial charge in [0, 0.05) is 23.3 Å². The van der Waals surface area contributed by atoms with Gasteiger partial charge in [0.1, 0.15) is 5.75 Å². The van der Waals surface area contributed by atoms with Crippen molar-refractivity contribution in [1.82, 2.24) is 4.98 Å². The quantitative estimate of drug-likeness (QED) is 0.805. The molecule has 1 N–H and O–H groups in total. The lowest BCUT2D eigenvalue weighted by Gasteiger charge is -2.13. The van der Waals surface area contributed by atoms with Gasteiger partial charge in [0.2, 0.25) is 11.8 Å². The highest BCUT2D eigenvalue weighted by molar-refractivity contribution is 6.35. The molecule has 0 unspecified atom stereocenters. The maximum absolute atomic E-state index is 9.00. The molecule has 0 aliphatic rings. The molecule has 0 radical (unpaired) electrons. The number of aliphatic hydroxyl groups is 1. The van der Waals surface area contributed by atoms with E-state index < -0.39 is 0 Å². The van der Waals surface area contributed by atoms with Crippen LogP contribution in [0.4, 0.5) is 0 Å². The molecular formula is C16H17Cl2NO3. The third-order valence-electron chi connectivity index (χ3n) is 2.91. The van der Waals surface area contributed by atoms with Crippen LogP contribution in [0.2, 0.25) is 10.0 Å². The fraction of sp³-hybridized carbons (Fsp3) is 0.312. The highest BCUT2D eigenvalue weighted by Gasteiger charge is 2.11. The number of hydrogen-bond acceptors (Lipinski definition) is 4. The average molecular weight is 342 g/mol. The number of aliphatic hydroxyl groups excluding tert-OH is 1. The van der Waals surface area contributed by atoms with E-state index in [-0.39, 0.29) is 6.61 Å². The predicted molar refractivity (Wildman–Crippen MR) is 87.3 cm³/mol. The molecular weight excluding hydrogens is 325 g/mol. The number of rotatable bonds is 7. The van der Waals surface area contributed by atoms with E-state index in [0.717, 1.165) is 5.56 Å². The molecule has 0 saturated carbocycles. The van der Waals surface area contributed by atoms with Crippen LogP contribution in [0.5, 0.6) is 17.5 Å². The Morgan fingerprint density at radius 3 is 2.68 bits per heavy atom. The van der Waals surface area contributed by atoms with Gasteiger partial charge in [0.15, 0.2) is 0 Å². The summed E-state index contributed by atoms with van der Waals surface area (Å²) in [6, 6.07) is 8.66. The smallest absolute Gasteiger partial charge is 0.225 e. The molecule has 2 aromatic rings. The minimum absolute atomic E-state index is 0.106. The van der Waals surface area contributed by atoms with E-state index in [1.165, 1.54) is 0 Å². The summed E-state index contributed by atoms with van der Waals surface area (Å²) in [6.45, 7) is 2.51. The molecule has 118 valence electrons. The van der Waals surface area contributed by atoms with Crippen molar-refractivity contribution in [1.29, 1.82) is 0 Å². The molecule has 0 amide bonds. The number of ether oxygens (including phenoxy) is 2. The largest absolute Gasteiger partial charge is 0.478 e. The lowest BCUT2D eigenvalue weighted by atomic mass is 10.1. The Bertz CT molecular complexity index is 635. The monoisotopic (exact) mass is 341 g/mol. The van der Waals surface area contributed by atoms with Gasteiger partial charge in [-0.05, 0) is 44.0 Å². The normalized spacial score (nSPS) is 10.5. The Hall–Kier alpha value is -1.49. The summed E-state index contributed by atoms with van der Waals surface area (Å²) in [7, 11) is 0. The van der Waals surface area contributed by atoms with Crippen LogP contribution in [0.25, 0.3) is 0 Å². The number of pyridine rings is 1. The first-order chi connectivity index (χ1) is 10.6. The van der Waals surface area contributed by atoms with Crippen molar-refractivity contribution in [3.63, 3.8) is 0 Å². The lowest BCUT2D eigenvalue weighted by Crippen LogP contribution is -2.01. The number of hydrogen-bond donors (Lipinski definition) is 1. The second-order valence-corrected chi connectivity index (χ2v) is 5.39. The van der Waals surface area contributed by atoms with Crippen molar-refractivity contribution < 1.29 is 14.6 Å². The Morgan fingerprint density at radius 1 is 1.18 bits per heavy atom. The lowest BCUT2D eigenvalue weighted by molar-refractivity contribution is 0.287. The molecule has 0 aliphatic carbocycles. The van der Waals surface area contributed by atoms with E-state index in [1.54, 1.807) is 24.3 Å². The first-order valence-corrected chi connectivity index (χ1v) is 7.76. The van der Waals surface area contributed by atoms with E-state index in [2.05, 4.69) is 4.98 Å². The van der Waals surface area contributed by atoms with Crippen molar-refractivity contribution in [3.8, 4) is 17.5 Å². The maximum Gasteiger partial charge on any atom is 0.225 e. The standard InChI is InChI=1S/C16H17Cl2NO3/c1-2-21-15-8-5-11(4-3-9-20)16(19-15)22-14-7-6-12(17)10-13(14)18/h5-8,10,20H,2-4,9H2,1H3. The van der Waals surface area contributed by atoms with Crippen LogP contribution in [0.15, 0.2) is 30.3 Å². The molecule has 2 rings (SSSR count). The zero-order valence-corrected chi connectivity index (χ0v) is 13.7. The van der Waals surface area contributed by atoms with Crippen LogP contribution in [0, 0.1) is 0 Å². The van der Waals surface area contributed by atoms with Crippen molar-refractivity contribution in [2.45, 2.75) is 19.8 Å². The van der Waals surface area contributed by atoms with Crippen molar-refractivity contribution >= 4 is 23.2 Å². The van der Waals surface area contributed by atoms with Crippen molar-refractivity contribution in [2.75, 3.05) is 13.2 Å². The van der Waals surface area contributed by atoms with E-state index >= 15 is 0 Å². The van der Waals surface area contributed by atoms with Gasteiger partial charge >= 0.3 is 0 Å². The van der Waals surface area contributed by atoms with Gasteiger partial charge < -0.3 is 14.6 Å². The molecule has 0 aliphatic heterocycles. The molecule has 1 aromatic heterocycles. The number of aryl methyl sites for hydroxylation is 1. The summed E-state index contributed by atoms with van der Waals surface area (Å²) >= 11 is 12.0. The number of benzene rings is 1. The predicted octanol–water partition coefficient (Wildman–Crippen LogP) is 4.50. The number of nitrogens with zero attached hydrogens (tertiary/aromatic N) is 1. The third kappa shape index (κ3) is 4.50. The van der Waals surface area contributed by atoms with E-state index in [4.69, 9.17) is 37.8 Å². The third-order valence-corrected chi connectivity index (χ3v) is 3.44. The topological polar surface area (TPSA) is 51.6 Å². The van der Waals surface area contributed by atoms with E-state index in [9.17, 15) is 0 Å². The number of aromatic nitrogens is 1. The van der Waals surface area contributed by atoms with Crippen LogP contribution >= 0.6 is 23.2 Å². The van der Waals surface area contributed by atoms with Gasteiger partial charge in [-0.2, -0.15) is 4.98 Å². The maximum atomic E-state index is 9.00. The van der Waals surface area contributed by atoms with Gasteiger partial charge in [-0.15, -0.1) is 0 Å². The van der Waals surface area contributed by atoms with Crippen LogP contribution in [0.1, 0.15) is 18.9 Å². The van der Waals surface area contributed by atoms with Gasteiger partial charge in [-0.1, -0.05) is 23.2 Å². The van der Waals surface area contributed by atoms with E-state index in [0.29, 0.717) is 47.0 Å². The van der Waals surface area contributed by atoms with Gasteiger partial charge in [-0.3, -0.25) is 0 Å². The summed E-state index contributed by atoms with van der Waals surface area (Å²) in [5, 5.41) is 9.94. The molecule has 0 spiro atoms. The van der Waals surface area contributed by atoms with Crippen LogP contribution in [0.3, 0.4) is 0 Å². The average Bonchev–Trinajstić information content (AvgIpc) is 2.49. The second kappa shape index (κ2) is 8.22. The highest BCUT2D eigenvalue weighted by Crippen LogP contribution is 2.33. The molecule has 22 heavy (non-hydrogen) atoms. The first kappa shape index (κ1) is 16.9. The molecule has 0 atom stereocenters. The highest BCUT2D eigenvalue weighted by atomic mass is 35.5. The Morgan fingerprint density at radius 2 is 2.00 bits per heavy atom. The molecule has 4 nitrogen and oxygen atoms in total. The fourth-order valence-corrected chi connectivity index (χ4v) is 2.34.